The van der Waals surface area contributed by atoms with Gasteiger partial charge in [0, 0.05) is 42.5 Å². The Labute approximate surface area is 326 Å². The van der Waals surface area contributed by atoms with Crippen LogP contribution in [0.5, 0.6) is 23.0 Å². The maximum absolute atomic E-state index is 13.2. The molecule has 9 nitrogen and oxygen atoms in total. The van der Waals surface area contributed by atoms with Crippen LogP contribution in [0.15, 0.2) is 60.7 Å². The number of carbonyl (C=O) groups is 2. The maximum atomic E-state index is 13.2. The number of nitrogens with one attached hydrogen (secondary N) is 1. The Morgan fingerprint density at radius 2 is 0.891 bits per heavy atom. The van der Waals surface area contributed by atoms with Gasteiger partial charge in [-0.05, 0) is 104 Å². The van der Waals surface area contributed by atoms with Crippen LogP contribution in [0, 0.1) is 0 Å². The van der Waals surface area contributed by atoms with Crippen LogP contribution < -0.4 is 24.3 Å². The molecular weight excluding hydrogens is 695 g/mol. The summed E-state index contributed by atoms with van der Waals surface area (Å²) >= 11 is 0. The number of anilines is 1. The first-order valence-corrected chi connectivity index (χ1v) is 19.7. The summed E-state index contributed by atoms with van der Waals surface area (Å²) in [5.41, 5.74) is 7.17. The van der Waals surface area contributed by atoms with Crippen LogP contribution in [0.1, 0.15) is 129 Å². The lowest BCUT2D eigenvalue weighted by Gasteiger charge is -2.24. The monoisotopic (exact) mass is 751 g/mol. The average Bonchev–Trinajstić information content (AvgIpc) is 3.12. The minimum atomic E-state index is -1.000. The lowest BCUT2D eigenvalue weighted by molar-refractivity contribution is 0.0634. The number of para-hydroxylation sites is 2. The number of hydrogen-bond acceptors (Lipinski definition) is 7. The number of ether oxygens (including phenoxy) is 5. The van der Waals surface area contributed by atoms with Gasteiger partial charge in [0.15, 0.2) is 0 Å². The zero-order chi connectivity index (χ0) is 39.5. The summed E-state index contributed by atoms with van der Waals surface area (Å²) in [6.07, 6.45) is 4.36. The van der Waals surface area contributed by atoms with E-state index in [1.54, 1.807) is 12.1 Å². The van der Waals surface area contributed by atoms with Gasteiger partial charge in [0.2, 0.25) is 0 Å². The molecule has 0 saturated heterocycles. The Morgan fingerprint density at radius 1 is 0.564 bits per heavy atom. The lowest BCUT2D eigenvalue weighted by Crippen LogP contribution is -2.27. The number of carboxylic acid groups (broad SMARTS) is 1. The highest BCUT2D eigenvalue weighted by Crippen LogP contribution is 2.40. The smallest absolute Gasteiger partial charge is 0.412 e. The minimum absolute atomic E-state index is 0.201. The molecular formula is C46H57NO8. The molecule has 55 heavy (non-hydrogen) atoms. The van der Waals surface area contributed by atoms with Crippen molar-refractivity contribution in [2.75, 3.05) is 31.7 Å². The standard InChI is InChI=1S/C46H57NO8/c1-8-18-51-40-30-14-12-16-32(40)24-36-28-39(47-45(50)55-46(5,6)7)29-37(43(36)54-21-11-4)25-33-17-13-15-31(41(33)52-19-9-2)23-35-27-38(44(48)49)26-34(22-30)42(35)53-20-10-3/h12-17,26-29H,8-11,18-25H2,1-7H3,(H,47,50)(H,48,49). The van der Waals surface area contributed by atoms with Gasteiger partial charge < -0.3 is 28.8 Å². The molecule has 0 fully saturated rings. The number of fused-ring (bicyclic) bond motifs is 8. The molecule has 0 aliphatic heterocycles. The fourth-order valence-electron chi connectivity index (χ4n) is 6.86. The quantitative estimate of drug-likeness (QED) is 0.115. The molecule has 1 amide bonds. The van der Waals surface area contributed by atoms with Crippen molar-refractivity contribution in [2.45, 2.75) is 105 Å². The Morgan fingerprint density at radius 3 is 1.20 bits per heavy atom. The van der Waals surface area contributed by atoms with Crippen LogP contribution in [0.3, 0.4) is 0 Å². The number of aromatic carboxylic acids is 1. The molecule has 4 aromatic rings. The first-order valence-electron chi connectivity index (χ1n) is 19.7. The molecule has 8 bridgehead atoms. The Balaban J connectivity index is 1.83. The van der Waals surface area contributed by atoms with E-state index in [2.05, 4.69) is 45.1 Å². The van der Waals surface area contributed by atoms with E-state index >= 15 is 0 Å². The molecule has 0 aromatic heterocycles. The minimum Gasteiger partial charge on any atom is -0.493 e. The summed E-state index contributed by atoms with van der Waals surface area (Å²) in [4.78, 5) is 25.8. The highest BCUT2D eigenvalue weighted by atomic mass is 16.6. The van der Waals surface area contributed by atoms with Gasteiger partial charge in [0.05, 0.1) is 32.0 Å². The van der Waals surface area contributed by atoms with Crippen molar-refractivity contribution in [1.29, 1.82) is 0 Å². The third kappa shape index (κ3) is 10.7. The van der Waals surface area contributed by atoms with E-state index < -0.39 is 17.7 Å². The van der Waals surface area contributed by atoms with E-state index in [0.29, 0.717) is 63.5 Å². The molecule has 1 aliphatic carbocycles. The van der Waals surface area contributed by atoms with Gasteiger partial charge >= 0.3 is 12.1 Å². The van der Waals surface area contributed by atoms with E-state index in [1.807, 2.05) is 57.2 Å². The zero-order valence-corrected chi connectivity index (χ0v) is 33.6. The SMILES string of the molecule is CCCOc1c2cccc1Cc1cc(C(=O)O)cc(c1OCCC)Cc1cccc(c1OCCC)Cc1cc(NC(=O)OC(C)(C)C)cc(c1OCCC)C2. The van der Waals surface area contributed by atoms with Crippen LogP contribution in [0.4, 0.5) is 10.5 Å². The summed E-state index contributed by atoms with van der Waals surface area (Å²) in [5.74, 6) is 1.94. The summed E-state index contributed by atoms with van der Waals surface area (Å²) in [7, 11) is 0. The van der Waals surface area contributed by atoms with E-state index in [0.717, 1.165) is 87.4 Å². The molecule has 5 rings (SSSR count). The second kappa shape index (κ2) is 18.9. The van der Waals surface area contributed by atoms with Crippen molar-refractivity contribution in [3.05, 3.63) is 111 Å². The van der Waals surface area contributed by atoms with Gasteiger partial charge in [-0.25, -0.2) is 9.59 Å². The fraction of sp³-hybridized carbons (Fsp3) is 0.435. The third-order valence-corrected chi connectivity index (χ3v) is 9.06. The van der Waals surface area contributed by atoms with E-state index in [1.165, 1.54) is 0 Å². The summed E-state index contributed by atoms with van der Waals surface area (Å²) in [6.45, 7) is 15.8. The van der Waals surface area contributed by atoms with Crippen molar-refractivity contribution in [3.63, 3.8) is 0 Å². The molecule has 0 atom stereocenters. The lowest BCUT2D eigenvalue weighted by atomic mass is 9.90. The molecule has 0 radical (unpaired) electrons. The van der Waals surface area contributed by atoms with Crippen LogP contribution in [-0.2, 0) is 30.4 Å². The largest absolute Gasteiger partial charge is 0.493 e. The van der Waals surface area contributed by atoms with Crippen molar-refractivity contribution >= 4 is 17.7 Å². The zero-order valence-electron chi connectivity index (χ0n) is 33.6. The Bertz CT molecular complexity index is 1850. The number of rotatable bonds is 14. The molecule has 0 heterocycles. The normalized spacial score (nSPS) is 12.4. The Hall–Kier alpha value is -5.18. The van der Waals surface area contributed by atoms with Gasteiger partial charge in [0.1, 0.15) is 28.6 Å². The number of amides is 1. The van der Waals surface area contributed by atoms with Crippen LogP contribution in [-0.4, -0.2) is 49.2 Å². The third-order valence-electron chi connectivity index (χ3n) is 9.06. The van der Waals surface area contributed by atoms with Gasteiger partial charge in [-0.2, -0.15) is 0 Å². The predicted octanol–water partition coefficient (Wildman–Crippen LogP) is 10.6. The average molecular weight is 752 g/mol. The van der Waals surface area contributed by atoms with E-state index in [-0.39, 0.29) is 5.56 Å². The highest BCUT2D eigenvalue weighted by Gasteiger charge is 2.25. The molecule has 4 aromatic carbocycles. The van der Waals surface area contributed by atoms with Crippen molar-refractivity contribution in [1.82, 2.24) is 0 Å². The first kappa shape index (κ1) is 41.0. The summed E-state index contributed by atoms with van der Waals surface area (Å²) in [5, 5.41) is 13.3. The van der Waals surface area contributed by atoms with Gasteiger partial charge in [-0.15, -0.1) is 0 Å². The number of benzene rings is 4. The molecule has 1 aliphatic rings. The highest BCUT2D eigenvalue weighted by molar-refractivity contribution is 5.89. The Kier molecular flexibility index (Phi) is 14.1. The van der Waals surface area contributed by atoms with Crippen LogP contribution in [0.25, 0.3) is 0 Å². The second-order valence-corrected chi connectivity index (χ2v) is 15.1. The second-order valence-electron chi connectivity index (χ2n) is 15.1. The summed E-state index contributed by atoms with van der Waals surface area (Å²) in [6, 6.07) is 19.6. The molecule has 2 N–H and O–H groups in total. The van der Waals surface area contributed by atoms with Crippen LogP contribution in [0.2, 0.25) is 0 Å². The van der Waals surface area contributed by atoms with Crippen molar-refractivity contribution in [3.8, 4) is 23.0 Å². The van der Waals surface area contributed by atoms with Crippen LogP contribution >= 0.6 is 0 Å². The number of carboxylic acids is 1. The molecule has 0 spiro atoms. The molecule has 9 heteroatoms. The van der Waals surface area contributed by atoms with E-state index in [4.69, 9.17) is 23.7 Å². The molecule has 0 saturated carbocycles. The van der Waals surface area contributed by atoms with Gasteiger partial charge in [0.25, 0.3) is 0 Å². The number of hydrogen-bond donors (Lipinski definition) is 2. The van der Waals surface area contributed by atoms with E-state index in [9.17, 15) is 14.7 Å². The number of carbonyl (C=O) groups excluding carboxylic acids is 1. The topological polar surface area (TPSA) is 113 Å². The molecule has 0 unspecified atom stereocenters. The van der Waals surface area contributed by atoms with Gasteiger partial charge in [-0.1, -0.05) is 64.1 Å². The fourth-order valence-corrected chi connectivity index (χ4v) is 6.86. The van der Waals surface area contributed by atoms with Crippen molar-refractivity contribution in [2.24, 2.45) is 0 Å². The summed E-state index contributed by atoms with van der Waals surface area (Å²) < 4.78 is 31.9. The maximum Gasteiger partial charge on any atom is 0.412 e. The first-order chi connectivity index (χ1) is 26.4. The van der Waals surface area contributed by atoms with Gasteiger partial charge in [-0.3, -0.25) is 5.32 Å². The molecule has 294 valence electrons. The predicted molar refractivity (Wildman–Crippen MR) is 217 cm³/mol. The van der Waals surface area contributed by atoms with Crippen molar-refractivity contribution < 1.29 is 38.4 Å².